The summed E-state index contributed by atoms with van der Waals surface area (Å²) < 4.78 is 16.3. The zero-order valence-corrected chi connectivity index (χ0v) is 22.1. The van der Waals surface area contributed by atoms with Crippen LogP contribution < -0.4 is 10.6 Å². The first-order valence-corrected chi connectivity index (χ1v) is 12.9. The average Bonchev–Trinajstić information content (AvgIpc) is 3.40. The number of nitrogens with one attached hydrogen (secondary N) is 2. The smallest absolute Gasteiger partial charge is 0.226 e. The number of nitrogens with zero attached hydrogens (tertiary/aromatic N) is 4. The van der Waals surface area contributed by atoms with Crippen molar-refractivity contribution in [2.45, 2.75) is 38.9 Å². The third-order valence-electron chi connectivity index (χ3n) is 6.92. The number of rotatable bonds is 8. The van der Waals surface area contributed by atoms with E-state index in [2.05, 4.69) is 51.1 Å². The highest BCUT2D eigenvalue weighted by Crippen LogP contribution is 2.41. The van der Waals surface area contributed by atoms with Crippen LogP contribution in [0.15, 0.2) is 79.3 Å². The predicted molar refractivity (Wildman–Crippen MR) is 149 cm³/mol. The standard InChI is InChI=1S/C29H29FN6OS/c1-19-16-22(20(2)36(19)18-21-8-7-13-31-17-21)28-27(25-11-5-6-14-32-25)34-29(38)35(28)15-12-26(37)33-24-10-4-3-9-23(24)30/h3-11,13-14,16-17,27-28H,12,15,18H2,1-2H3,(H,33,37)(H,34,38)/t27-,28-/m1/s1. The van der Waals surface area contributed by atoms with Crippen LogP contribution in [-0.2, 0) is 11.3 Å². The number of benzene rings is 1. The van der Waals surface area contributed by atoms with Crippen LogP contribution in [0.3, 0.4) is 0 Å². The number of carbonyl (C=O) groups excluding carboxylic acids is 1. The molecule has 2 N–H and O–H groups in total. The summed E-state index contributed by atoms with van der Waals surface area (Å²) in [6.07, 6.45) is 5.57. The fourth-order valence-corrected chi connectivity index (χ4v) is 5.36. The topological polar surface area (TPSA) is 75.1 Å². The molecule has 1 amide bonds. The number of aryl methyl sites for hydroxylation is 1. The Balaban J connectivity index is 1.43. The molecule has 7 nitrogen and oxygen atoms in total. The van der Waals surface area contributed by atoms with Crippen LogP contribution in [0.5, 0.6) is 0 Å². The molecule has 0 spiro atoms. The molecule has 2 atom stereocenters. The summed E-state index contributed by atoms with van der Waals surface area (Å²) in [6.45, 7) is 5.27. The monoisotopic (exact) mass is 528 g/mol. The third-order valence-corrected chi connectivity index (χ3v) is 7.27. The fraction of sp³-hybridized carbons (Fsp3) is 0.241. The van der Waals surface area contributed by atoms with Gasteiger partial charge in [-0.15, -0.1) is 0 Å². The minimum atomic E-state index is -0.464. The first kappa shape index (κ1) is 25.5. The number of halogens is 1. The lowest BCUT2D eigenvalue weighted by Gasteiger charge is -2.28. The molecule has 4 heterocycles. The number of amides is 1. The zero-order valence-electron chi connectivity index (χ0n) is 21.3. The largest absolute Gasteiger partial charge is 0.352 e. The molecule has 0 unspecified atom stereocenters. The van der Waals surface area contributed by atoms with Crippen LogP contribution in [-0.4, -0.2) is 37.0 Å². The summed E-state index contributed by atoms with van der Waals surface area (Å²) in [5, 5.41) is 6.67. The number of aromatic nitrogens is 3. The van der Waals surface area contributed by atoms with Gasteiger partial charge >= 0.3 is 0 Å². The van der Waals surface area contributed by atoms with Crippen LogP contribution in [0, 0.1) is 19.7 Å². The van der Waals surface area contributed by atoms with Gasteiger partial charge in [-0.1, -0.05) is 24.3 Å². The van der Waals surface area contributed by atoms with E-state index >= 15 is 0 Å². The number of carbonyl (C=O) groups is 1. The van der Waals surface area contributed by atoms with E-state index < -0.39 is 5.82 Å². The van der Waals surface area contributed by atoms with Gasteiger partial charge in [0.2, 0.25) is 5.91 Å². The van der Waals surface area contributed by atoms with Crippen molar-refractivity contribution in [3.05, 3.63) is 113 Å². The Bertz CT molecular complexity index is 1440. The molecule has 1 saturated heterocycles. The van der Waals surface area contributed by atoms with Gasteiger partial charge in [-0.05, 0) is 73.6 Å². The molecule has 1 fully saturated rings. The van der Waals surface area contributed by atoms with Crippen molar-refractivity contribution in [2.24, 2.45) is 0 Å². The Labute approximate surface area is 226 Å². The first-order chi connectivity index (χ1) is 18.4. The third kappa shape index (κ3) is 5.28. The van der Waals surface area contributed by atoms with Gasteiger partial charge in [0, 0.05) is 49.5 Å². The predicted octanol–water partition coefficient (Wildman–Crippen LogP) is 5.08. The lowest BCUT2D eigenvalue weighted by molar-refractivity contribution is -0.116. The normalized spacial score (nSPS) is 16.9. The van der Waals surface area contributed by atoms with E-state index in [1.54, 1.807) is 30.6 Å². The molecule has 3 aromatic heterocycles. The Kier molecular flexibility index (Phi) is 7.46. The van der Waals surface area contributed by atoms with Gasteiger partial charge in [0.1, 0.15) is 5.82 Å². The molecule has 4 aromatic rings. The van der Waals surface area contributed by atoms with Crippen molar-refractivity contribution < 1.29 is 9.18 Å². The first-order valence-electron chi connectivity index (χ1n) is 12.5. The van der Waals surface area contributed by atoms with Crippen LogP contribution in [0.25, 0.3) is 0 Å². The molecular weight excluding hydrogens is 499 g/mol. The van der Waals surface area contributed by atoms with Crippen molar-refractivity contribution in [1.82, 2.24) is 24.8 Å². The van der Waals surface area contributed by atoms with Gasteiger partial charge in [0.25, 0.3) is 0 Å². The number of pyridine rings is 2. The average molecular weight is 529 g/mol. The summed E-state index contributed by atoms with van der Waals surface area (Å²) in [5.74, 6) is -0.742. The number of hydrogen-bond donors (Lipinski definition) is 2. The van der Waals surface area contributed by atoms with Crippen LogP contribution in [0.2, 0.25) is 0 Å². The molecule has 9 heteroatoms. The second-order valence-electron chi connectivity index (χ2n) is 9.37. The Morgan fingerprint density at radius 2 is 1.92 bits per heavy atom. The quantitative estimate of drug-likeness (QED) is 0.311. The highest BCUT2D eigenvalue weighted by molar-refractivity contribution is 7.80. The molecule has 194 valence electrons. The lowest BCUT2D eigenvalue weighted by Crippen LogP contribution is -2.33. The number of hydrogen-bond acceptors (Lipinski definition) is 4. The molecule has 1 aliphatic rings. The van der Waals surface area contributed by atoms with Crippen LogP contribution >= 0.6 is 12.2 Å². The summed E-state index contributed by atoms with van der Waals surface area (Å²) in [5.41, 5.74) is 5.50. The maximum absolute atomic E-state index is 14.0. The molecule has 0 aliphatic carbocycles. The molecule has 1 aliphatic heterocycles. The molecule has 0 saturated carbocycles. The molecular formula is C29H29FN6OS. The van der Waals surface area contributed by atoms with Gasteiger partial charge in [0.15, 0.2) is 5.11 Å². The molecule has 1 aromatic carbocycles. The van der Waals surface area contributed by atoms with Crippen molar-refractivity contribution in [3.63, 3.8) is 0 Å². The van der Waals surface area contributed by atoms with E-state index in [4.69, 9.17) is 12.2 Å². The van der Waals surface area contributed by atoms with Crippen molar-refractivity contribution in [2.75, 3.05) is 11.9 Å². The number of para-hydroxylation sites is 1. The second kappa shape index (κ2) is 11.1. The zero-order chi connectivity index (χ0) is 26.6. The van der Waals surface area contributed by atoms with E-state index in [0.717, 1.165) is 28.2 Å². The highest BCUT2D eigenvalue weighted by atomic mass is 32.1. The van der Waals surface area contributed by atoms with Gasteiger partial charge in [0.05, 0.1) is 23.5 Å². The maximum Gasteiger partial charge on any atom is 0.226 e. The summed E-state index contributed by atoms with van der Waals surface area (Å²) in [6, 6.07) is 17.8. The number of thiocarbonyl (C=S) groups is 1. The van der Waals surface area contributed by atoms with Crippen molar-refractivity contribution >= 4 is 28.9 Å². The molecule has 0 radical (unpaired) electrons. The second-order valence-corrected chi connectivity index (χ2v) is 9.76. The van der Waals surface area contributed by atoms with E-state index in [1.807, 2.05) is 35.4 Å². The van der Waals surface area contributed by atoms with Gasteiger partial charge in [-0.3, -0.25) is 14.8 Å². The summed E-state index contributed by atoms with van der Waals surface area (Å²) in [7, 11) is 0. The van der Waals surface area contributed by atoms with E-state index in [9.17, 15) is 9.18 Å². The van der Waals surface area contributed by atoms with Gasteiger partial charge in [-0.2, -0.15) is 0 Å². The highest BCUT2D eigenvalue weighted by Gasteiger charge is 2.41. The lowest BCUT2D eigenvalue weighted by atomic mass is 9.96. The van der Waals surface area contributed by atoms with E-state index in [0.29, 0.717) is 18.2 Å². The Morgan fingerprint density at radius 1 is 1.11 bits per heavy atom. The molecule has 5 rings (SSSR count). The summed E-state index contributed by atoms with van der Waals surface area (Å²) in [4.78, 5) is 23.7. The van der Waals surface area contributed by atoms with Gasteiger partial charge < -0.3 is 20.1 Å². The van der Waals surface area contributed by atoms with Crippen molar-refractivity contribution in [1.29, 1.82) is 0 Å². The van der Waals surface area contributed by atoms with E-state index in [1.165, 1.54) is 6.07 Å². The number of anilines is 1. The Hall–Kier alpha value is -4.11. The van der Waals surface area contributed by atoms with Crippen LogP contribution in [0.1, 0.15) is 46.7 Å². The SMILES string of the molecule is Cc1cc([C@@H]2[C@@H](c3ccccn3)NC(=S)N2CCC(=O)Nc2ccccc2F)c(C)n1Cc1cccnc1. The molecule has 38 heavy (non-hydrogen) atoms. The molecule has 0 bridgehead atoms. The van der Waals surface area contributed by atoms with E-state index in [-0.39, 0.29) is 30.1 Å². The maximum atomic E-state index is 14.0. The minimum Gasteiger partial charge on any atom is -0.352 e. The van der Waals surface area contributed by atoms with Crippen LogP contribution in [0.4, 0.5) is 10.1 Å². The Morgan fingerprint density at radius 3 is 2.66 bits per heavy atom. The fourth-order valence-electron chi connectivity index (χ4n) is 5.03. The van der Waals surface area contributed by atoms with Crippen molar-refractivity contribution in [3.8, 4) is 0 Å². The minimum absolute atomic E-state index is 0.149. The summed E-state index contributed by atoms with van der Waals surface area (Å²) >= 11 is 5.77. The van der Waals surface area contributed by atoms with Gasteiger partial charge in [-0.25, -0.2) is 4.39 Å².